The van der Waals surface area contributed by atoms with Gasteiger partial charge in [0.1, 0.15) is 5.70 Å². The zero-order valence-corrected chi connectivity index (χ0v) is 20.8. The van der Waals surface area contributed by atoms with Gasteiger partial charge >= 0.3 is 0 Å². The summed E-state index contributed by atoms with van der Waals surface area (Å²) < 4.78 is 0. The molecule has 2 aromatic rings. The Balaban J connectivity index is 1.60. The van der Waals surface area contributed by atoms with Gasteiger partial charge in [0.05, 0.1) is 0 Å². The Morgan fingerprint density at radius 3 is 2.65 bits per heavy atom. The molecule has 0 N–H and O–H groups in total. The van der Waals surface area contributed by atoms with Gasteiger partial charge in [-0.05, 0) is 67.3 Å². The number of benzene rings is 2. The van der Waals surface area contributed by atoms with E-state index in [-0.39, 0.29) is 11.8 Å². The van der Waals surface area contributed by atoms with Crippen molar-refractivity contribution in [2.45, 2.75) is 52.9 Å². The lowest BCUT2D eigenvalue weighted by Crippen LogP contribution is -2.33. The van der Waals surface area contributed by atoms with E-state index in [2.05, 4.69) is 49.7 Å². The van der Waals surface area contributed by atoms with E-state index in [4.69, 9.17) is 0 Å². The first-order valence-electron chi connectivity index (χ1n) is 12.4. The molecule has 5 heteroatoms. The Morgan fingerprint density at radius 1 is 1.18 bits per heavy atom. The minimum absolute atomic E-state index is 0.0937. The fourth-order valence-corrected chi connectivity index (χ4v) is 4.53. The molecule has 1 fully saturated rings. The van der Waals surface area contributed by atoms with Crippen molar-refractivity contribution in [1.82, 2.24) is 4.90 Å². The third-order valence-electron chi connectivity index (χ3n) is 6.32. The van der Waals surface area contributed by atoms with E-state index in [0.717, 1.165) is 49.0 Å². The van der Waals surface area contributed by atoms with Gasteiger partial charge in [0, 0.05) is 38.0 Å². The molecule has 2 amide bonds. The Kier molecular flexibility index (Phi) is 9.20. The monoisotopic (exact) mass is 459 g/mol. The second kappa shape index (κ2) is 12.3. The molecule has 0 spiro atoms. The molecule has 3 rings (SSSR count). The van der Waals surface area contributed by atoms with E-state index in [1.54, 1.807) is 6.21 Å². The quantitative estimate of drug-likeness (QED) is 0.304. The fraction of sp³-hybridized carbons (Fsp3) is 0.414. The average Bonchev–Trinajstić information content (AvgIpc) is 3.22. The second-order valence-electron chi connectivity index (χ2n) is 9.04. The van der Waals surface area contributed by atoms with Crippen LogP contribution in [0.25, 0.3) is 11.1 Å². The number of amides is 2. The van der Waals surface area contributed by atoms with Crippen molar-refractivity contribution in [3.05, 3.63) is 66.4 Å². The predicted molar refractivity (Wildman–Crippen MR) is 141 cm³/mol. The molecule has 0 bridgehead atoms. The summed E-state index contributed by atoms with van der Waals surface area (Å²) in [5, 5.41) is 0. The van der Waals surface area contributed by atoms with Crippen LogP contribution in [-0.2, 0) is 9.59 Å². The van der Waals surface area contributed by atoms with Crippen LogP contribution in [0.1, 0.15) is 51.5 Å². The summed E-state index contributed by atoms with van der Waals surface area (Å²) in [7, 11) is 0. The van der Waals surface area contributed by atoms with Gasteiger partial charge in [-0.15, -0.1) is 0 Å². The van der Waals surface area contributed by atoms with E-state index in [0.29, 0.717) is 31.1 Å². The average molecular weight is 460 g/mol. The summed E-state index contributed by atoms with van der Waals surface area (Å²) in [4.78, 5) is 33.5. The van der Waals surface area contributed by atoms with Crippen LogP contribution >= 0.6 is 0 Å². The van der Waals surface area contributed by atoms with Crippen LogP contribution in [0.15, 0.2) is 65.8 Å². The lowest BCUT2D eigenvalue weighted by molar-refractivity contribution is -0.127. The van der Waals surface area contributed by atoms with Crippen LogP contribution in [0.4, 0.5) is 5.69 Å². The van der Waals surface area contributed by atoms with Crippen LogP contribution in [0.3, 0.4) is 0 Å². The van der Waals surface area contributed by atoms with Crippen molar-refractivity contribution in [2.24, 2.45) is 10.9 Å². The molecule has 1 saturated heterocycles. The van der Waals surface area contributed by atoms with Crippen molar-refractivity contribution in [1.29, 1.82) is 0 Å². The molecular formula is C29H37N3O2. The molecule has 0 radical (unpaired) electrons. The first-order chi connectivity index (χ1) is 16.4. The highest BCUT2D eigenvalue weighted by molar-refractivity contribution is 5.96. The van der Waals surface area contributed by atoms with E-state index in [1.807, 2.05) is 41.0 Å². The zero-order chi connectivity index (χ0) is 24.5. The van der Waals surface area contributed by atoms with Gasteiger partial charge < -0.3 is 9.80 Å². The van der Waals surface area contributed by atoms with E-state index in [1.165, 1.54) is 5.56 Å². The second-order valence-corrected chi connectivity index (χ2v) is 9.04. The molecule has 1 atom stereocenters. The molecule has 180 valence electrons. The molecular weight excluding hydrogens is 422 g/mol. The van der Waals surface area contributed by atoms with Crippen LogP contribution in [-0.4, -0.2) is 42.6 Å². The third-order valence-corrected chi connectivity index (χ3v) is 6.32. The zero-order valence-electron chi connectivity index (χ0n) is 20.8. The number of hydrogen-bond acceptors (Lipinski definition) is 3. The van der Waals surface area contributed by atoms with Gasteiger partial charge in [-0.3, -0.25) is 14.6 Å². The highest BCUT2D eigenvalue weighted by Gasteiger charge is 2.30. The first-order valence-corrected chi connectivity index (χ1v) is 12.4. The summed E-state index contributed by atoms with van der Waals surface area (Å²) in [5.74, 6) is 0.384. The summed E-state index contributed by atoms with van der Waals surface area (Å²) in [6, 6.07) is 16.6. The summed E-state index contributed by atoms with van der Waals surface area (Å²) in [6.07, 6.45) is 5.73. The van der Waals surface area contributed by atoms with E-state index < -0.39 is 0 Å². The molecule has 0 aliphatic carbocycles. The predicted octanol–water partition coefficient (Wildman–Crippen LogP) is 6.03. The minimum Gasteiger partial charge on any atom is -0.337 e. The van der Waals surface area contributed by atoms with Crippen LogP contribution < -0.4 is 4.90 Å². The van der Waals surface area contributed by atoms with Gasteiger partial charge in [-0.2, -0.15) is 0 Å². The number of rotatable bonds is 11. The normalized spacial score (nSPS) is 15.8. The Morgan fingerprint density at radius 2 is 1.94 bits per heavy atom. The number of carbonyl (C=O) groups is 2. The largest absolute Gasteiger partial charge is 0.337 e. The van der Waals surface area contributed by atoms with Gasteiger partial charge in [0.25, 0.3) is 5.91 Å². The maximum atomic E-state index is 12.8. The highest BCUT2D eigenvalue weighted by atomic mass is 16.2. The van der Waals surface area contributed by atoms with E-state index in [9.17, 15) is 9.59 Å². The SMILES string of the molecule is C=C(N=CCC)C(=O)N(CCC)CCCC1CC(=O)N(c2ccc(C)c(-c3ccccc3)c2)C1. The number of hydrogen-bond donors (Lipinski definition) is 0. The summed E-state index contributed by atoms with van der Waals surface area (Å²) in [6.45, 7) is 12.1. The maximum Gasteiger partial charge on any atom is 0.271 e. The lowest BCUT2D eigenvalue weighted by Gasteiger charge is -2.23. The molecule has 0 saturated carbocycles. The Hall–Kier alpha value is -3.21. The third kappa shape index (κ3) is 6.43. The van der Waals surface area contributed by atoms with Crippen LogP contribution in [0, 0.1) is 12.8 Å². The topological polar surface area (TPSA) is 53.0 Å². The van der Waals surface area contributed by atoms with Crippen molar-refractivity contribution >= 4 is 23.7 Å². The minimum atomic E-state index is -0.0937. The van der Waals surface area contributed by atoms with Crippen molar-refractivity contribution in [2.75, 3.05) is 24.5 Å². The van der Waals surface area contributed by atoms with Crippen molar-refractivity contribution in [3.8, 4) is 11.1 Å². The Labute approximate surface area is 204 Å². The van der Waals surface area contributed by atoms with Crippen molar-refractivity contribution in [3.63, 3.8) is 0 Å². The van der Waals surface area contributed by atoms with Gasteiger partial charge in [0.15, 0.2) is 0 Å². The highest BCUT2D eigenvalue weighted by Crippen LogP contribution is 2.32. The molecule has 1 unspecified atom stereocenters. The fourth-order valence-electron chi connectivity index (χ4n) is 4.53. The van der Waals surface area contributed by atoms with Crippen LogP contribution in [0.2, 0.25) is 0 Å². The van der Waals surface area contributed by atoms with Gasteiger partial charge in [-0.1, -0.05) is 56.8 Å². The lowest BCUT2D eigenvalue weighted by atomic mass is 9.99. The molecule has 2 aromatic carbocycles. The van der Waals surface area contributed by atoms with Crippen molar-refractivity contribution < 1.29 is 9.59 Å². The molecule has 1 aliphatic heterocycles. The first kappa shape index (κ1) is 25.4. The molecule has 34 heavy (non-hydrogen) atoms. The molecule has 5 nitrogen and oxygen atoms in total. The number of anilines is 1. The summed E-state index contributed by atoms with van der Waals surface area (Å²) in [5.41, 5.74) is 4.78. The number of nitrogens with zero attached hydrogens (tertiary/aromatic N) is 3. The maximum absolute atomic E-state index is 12.8. The number of aryl methyl sites for hydroxylation is 1. The van der Waals surface area contributed by atoms with Gasteiger partial charge in [0.2, 0.25) is 5.91 Å². The number of carbonyl (C=O) groups excluding carboxylic acids is 2. The van der Waals surface area contributed by atoms with Gasteiger partial charge in [-0.25, -0.2) is 0 Å². The number of aliphatic imine (C=N–C) groups is 1. The molecule has 0 aromatic heterocycles. The standard InChI is InChI=1S/C29H37N3O2/c1-5-16-30-23(4)29(34)31(17-6-2)18-10-11-24-19-28(33)32(21-24)26-15-14-22(3)27(20-26)25-12-8-7-9-13-25/h7-9,12-16,20,24H,4-6,10-11,17-19,21H2,1-3H3. The van der Waals surface area contributed by atoms with Crippen LogP contribution in [0.5, 0.6) is 0 Å². The Bertz CT molecular complexity index is 1030. The molecule has 1 heterocycles. The smallest absolute Gasteiger partial charge is 0.271 e. The summed E-state index contributed by atoms with van der Waals surface area (Å²) >= 11 is 0. The van der Waals surface area contributed by atoms with E-state index >= 15 is 0 Å². The molecule has 1 aliphatic rings.